The molecule has 0 aromatic heterocycles. The number of hydrogen-bond donors (Lipinski definition) is 1. The molecular weight excluding hydrogens is 354 g/mol. The molecule has 7 nitrogen and oxygen atoms in total. The van der Waals surface area contributed by atoms with Gasteiger partial charge in [-0.15, -0.1) is 0 Å². The van der Waals surface area contributed by atoms with Crippen LogP contribution in [0, 0.1) is 6.92 Å². The molecule has 0 atom stereocenters. The van der Waals surface area contributed by atoms with Crippen LogP contribution in [-0.2, 0) is 14.8 Å². The molecule has 2 aliphatic heterocycles. The summed E-state index contributed by atoms with van der Waals surface area (Å²) in [6.07, 6.45) is -0.349. The molecular formula is C18H27N3O4S. The lowest BCUT2D eigenvalue weighted by molar-refractivity contribution is -0.00478. The second kappa shape index (κ2) is 6.51. The topological polar surface area (TPSA) is 79.0 Å². The van der Waals surface area contributed by atoms with Crippen molar-refractivity contribution in [1.29, 1.82) is 0 Å². The smallest absolute Gasteiger partial charge is 0.410 e. The van der Waals surface area contributed by atoms with E-state index in [2.05, 4.69) is 5.32 Å². The van der Waals surface area contributed by atoms with Crippen LogP contribution in [0.15, 0.2) is 29.2 Å². The van der Waals surface area contributed by atoms with Gasteiger partial charge in [0.25, 0.3) is 0 Å². The Balaban J connectivity index is 1.66. The minimum Gasteiger partial charge on any atom is -0.444 e. The first-order valence-corrected chi connectivity index (χ1v) is 10.2. The van der Waals surface area contributed by atoms with E-state index in [1.165, 1.54) is 4.31 Å². The summed E-state index contributed by atoms with van der Waals surface area (Å²) in [5, 5.41) is 3.39. The van der Waals surface area contributed by atoms with Crippen molar-refractivity contribution in [2.75, 3.05) is 32.7 Å². The van der Waals surface area contributed by atoms with Crippen molar-refractivity contribution in [3.63, 3.8) is 0 Å². The Kier molecular flexibility index (Phi) is 4.79. The van der Waals surface area contributed by atoms with Crippen LogP contribution in [0.4, 0.5) is 4.79 Å². The lowest BCUT2D eigenvalue weighted by Crippen LogP contribution is -2.77. The number of rotatable bonds is 2. The molecule has 1 spiro atoms. The van der Waals surface area contributed by atoms with Gasteiger partial charge in [-0.25, -0.2) is 13.2 Å². The molecule has 144 valence electrons. The molecule has 1 N–H and O–H groups in total. The number of hydrogen-bond acceptors (Lipinski definition) is 5. The Hall–Kier alpha value is -1.64. The van der Waals surface area contributed by atoms with Crippen molar-refractivity contribution in [3.8, 4) is 0 Å². The number of carbonyl (C=O) groups is 1. The Morgan fingerprint density at radius 1 is 1.15 bits per heavy atom. The molecule has 0 radical (unpaired) electrons. The van der Waals surface area contributed by atoms with Crippen LogP contribution >= 0.6 is 0 Å². The molecule has 8 heteroatoms. The molecule has 2 heterocycles. The van der Waals surface area contributed by atoms with Crippen LogP contribution < -0.4 is 5.32 Å². The van der Waals surface area contributed by atoms with Crippen LogP contribution in [0.1, 0.15) is 26.3 Å². The van der Waals surface area contributed by atoms with E-state index in [4.69, 9.17) is 4.74 Å². The average Bonchev–Trinajstić information content (AvgIpc) is 2.51. The Labute approximate surface area is 155 Å². The van der Waals surface area contributed by atoms with Crippen molar-refractivity contribution in [3.05, 3.63) is 29.8 Å². The van der Waals surface area contributed by atoms with E-state index in [1.807, 2.05) is 27.7 Å². The molecule has 1 aromatic carbocycles. The predicted molar refractivity (Wildman–Crippen MR) is 98.5 cm³/mol. The summed E-state index contributed by atoms with van der Waals surface area (Å²) in [5.41, 5.74) is 0.0774. The molecule has 0 bridgehead atoms. The highest BCUT2D eigenvalue weighted by Gasteiger charge is 2.51. The zero-order valence-corrected chi connectivity index (χ0v) is 16.6. The minimum absolute atomic E-state index is 0.303. The van der Waals surface area contributed by atoms with E-state index < -0.39 is 21.2 Å². The molecule has 2 fully saturated rings. The predicted octanol–water partition coefficient (Wildman–Crippen LogP) is 1.58. The summed E-state index contributed by atoms with van der Waals surface area (Å²) in [6, 6.07) is 6.87. The van der Waals surface area contributed by atoms with Gasteiger partial charge in [-0.1, -0.05) is 17.7 Å². The quantitative estimate of drug-likeness (QED) is 0.841. The average molecular weight is 381 g/mol. The number of nitrogens with one attached hydrogen (secondary N) is 1. The third kappa shape index (κ3) is 3.87. The summed E-state index contributed by atoms with van der Waals surface area (Å²) < 4.78 is 32.4. The molecule has 26 heavy (non-hydrogen) atoms. The standard InChI is InChI=1S/C18H27N3O4S/c1-14-5-7-15(8-6-14)26(23,24)21-12-18(13-21)11-20(10-9-19-18)16(22)25-17(2,3)4/h5-8,19H,9-13H2,1-4H3. The molecule has 1 aromatic rings. The van der Waals surface area contributed by atoms with Crippen molar-refractivity contribution in [2.24, 2.45) is 0 Å². The second-order valence-electron chi connectivity index (χ2n) is 8.20. The molecule has 1 amide bonds. The lowest BCUT2D eigenvalue weighted by atomic mass is 9.90. The highest BCUT2D eigenvalue weighted by Crippen LogP contribution is 2.31. The Bertz CT molecular complexity index is 778. The van der Waals surface area contributed by atoms with Crippen LogP contribution in [0.25, 0.3) is 0 Å². The fraction of sp³-hybridized carbons (Fsp3) is 0.611. The molecule has 2 saturated heterocycles. The van der Waals surface area contributed by atoms with E-state index in [1.54, 1.807) is 29.2 Å². The monoisotopic (exact) mass is 381 g/mol. The van der Waals surface area contributed by atoms with Crippen LogP contribution in [0.2, 0.25) is 0 Å². The van der Waals surface area contributed by atoms with E-state index in [0.717, 1.165) is 5.56 Å². The fourth-order valence-corrected chi connectivity index (χ4v) is 4.92. The lowest BCUT2D eigenvalue weighted by Gasteiger charge is -2.53. The number of sulfonamides is 1. The maximum absolute atomic E-state index is 12.7. The molecule has 0 unspecified atom stereocenters. The zero-order valence-electron chi connectivity index (χ0n) is 15.8. The van der Waals surface area contributed by atoms with Gasteiger partial charge in [0.05, 0.1) is 10.4 Å². The second-order valence-corrected chi connectivity index (χ2v) is 10.1. The molecule has 0 aliphatic carbocycles. The van der Waals surface area contributed by atoms with Gasteiger partial charge >= 0.3 is 6.09 Å². The minimum atomic E-state index is -3.50. The highest BCUT2D eigenvalue weighted by atomic mass is 32.2. The molecule has 3 rings (SSSR count). The highest BCUT2D eigenvalue weighted by molar-refractivity contribution is 7.89. The summed E-state index contributed by atoms with van der Waals surface area (Å²) in [6.45, 7) is 9.75. The van der Waals surface area contributed by atoms with Crippen molar-refractivity contribution in [1.82, 2.24) is 14.5 Å². The van der Waals surface area contributed by atoms with Gasteiger partial charge in [-0.3, -0.25) is 0 Å². The summed E-state index contributed by atoms with van der Waals surface area (Å²) in [5.74, 6) is 0. The van der Waals surface area contributed by atoms with Gasteiger partial charge in [0.2, 0.25) is 10.0 Å². The van der Waals surface area contributed by atoms with E-state index in [-0.39, 0.29) is 6.09 Å². The maximum Gasteiger partial charge on any atom is 0.410 e. The number of amides is 1. The number of piperazine rings is 1. The number of nitrogens with zero attached hydrogens (tertiary/aromatic N) is 2. The van der Waals surface area contributed by atoms with Crippen LogP contribution in [-0.4, -0.2) is 67.6 Å². The third-order valence-corrected chi connectivity index (χ3v) is 6.45. The Morgan fingerprint density at radius 3 is 2.35 bits per heavy atom. The Morgan fingerprint density at radius 2 is 1.77 bits per heavy atom. The van der Waals surface area contributed by atoms with Gasteiger partial charge in [0.1, 0.15) is 5.60 Å². The first kappa shape index (κ1) is 19.1. The fourth-order valence-electron chi connectivity index (χ4n) is 3.31. The number of carbonyl (C=O) groups excluding carboxylic acids is 1. The van der Waals surface area contributed by atoms with Crippen LogP contribution in [0.3, 0.4) is 0 Å². The molecule has 0 saturated carbocycles. The summed E-state index contributed by atoms with van der Waals surface area (Å²) >= 11 is 0. The van der Waals surface area contributed by atoms with Gasteiger partial charge in [-0.2, -0.15) is 4.31 Å². The van der Waals surface area contributed by atoms with Gasteiger partial charge < -0.3 is 15.0 Å². The first-order valence-electron chi connectivity index (χ1n) is 8.81. The number of aryl methyl sites for hydroxylation is 1. The zero-order chi connectivity index (χ0) is 19.2. The number of ether oxygens (including phenoxy) is 1. The van der Waals surface area contributed by atoms with E-state index >= 15 is 0 Å². The molecule has 2 aliphatic rings. The third-order valence-electron chi connectivity index (χ3n) is 4.64. The summed E-state index contributed by atoms with van der Waals surface area (Å²) in [4.78, 5) is 14.3. The van der Waals surface area contributed by atoms with E-state index in [9.17, 15) is 13.2 Å². The first-order chi connectivity index (χ1) is 12.0. The van der Waals surface area contributed by atoms with Crippen LogP contribution in [0.5, 0.6) is 0 Å². The normalized spacial score (nSPS) is 20.7. The van der Waals surface area contributed by atoms with Gasteiger partial charge in [-0.05, 0) is 39.8 Å². The van der Waals surface area contributed by atoms with Crippen molar-refractivity contribution in [2.45, 2.75) is 43.7 Å². The van der Waals surface area contributed by atoms with Gasteiger partial charge in [0.15, 0.2) is 0 Å². The number of benzene rings is 1. The maximum atomic E-state index is 12.7. The van der Waals surface area contributed by atoms with Crippen molar-refractivity contribution >= 4 is 16.1 Å². The van der Waals surface area contributed by atoms with Crippen molar-refractivity contribution < 1.29 is 17.9 Å². The summed E-state index contributed by atoms with van der Waals surface area (Å²) in [7, 11) is -3.50. The SMILES string of the molecule is Cc1ccc(S(=O)(=O)N2CC3(CN(C(=O)OC(C)(C)C)CCN3)C2)cc1. The van der Waals surface area contributed by atoms with Gasteiger partial charge in [0, 0.05) is 32.7 Å². The van der Waals surface area contributed by atoms with E-state index in [0.29, 0.717) is 37.6 Å². The largest absolute Gasteiger partial charge is 0.444 e.